The van der Waals surface area contributed by atoms with Gasteiger partial charge in [-0.3, -0.25) is 9.59 Å². The first-order valence-corrected chi connectivity index (χ1v) is 9.50. The first-order chi connectivity index (χ1) is 13.0. The van der Waals surface area contributed by atoms with Crippen LogP contribution in [-0.2, 0) is 11.8 Å². The van der Waals surface area contributed by atoms with E-state index in [-0.39, 0.29) is 17.4 Å². The predicted octanol–water partition coefficient (Wildman–Crippen LogP) is 4.07. The number of amides is 1. The molecule has 27 heavy (non-hydrogen) atoms. The second kappa shape index (κ2) is 8.37. The molecule has 0 radical (unpaired) electrons. The van der Waals surface area contributed by atoms with Gasteiger partial charge < -0.3 is 9.88 Å². The van der Waals surface area contributed by atoms with Gasteiger partial charge in [-0.25, -0.2) is 0 Å². The predicted molar refractivity (Wildman–Crippen MR) is 107 cm³/mol. The molecule has 0 spiro atoms. The van der Waals surface area contributed by atoms with E-state index in [4.69, 9.17) is 11.6 Å². The third-order valence-electron chi connectivity index (χ3n) is 3.86. The number of para-hydroxylation sites is 1. The number of Topliss-reactive ketones (excluding diaryl/α,β-unsaturated/α-hetero) is 1. The SMILES string of the molecule is CC(=O)c1ccccc1NC(=O)CSc1nnc(-c2ccccc2Cl)n1C. The van der Waals surface area contributed by atoms with Crippen LogP contribution in [0, 0.1) is 0 Å². The lowest BCUT2D eigenvalue weighted by Crippen LogP contribution is -2.16. The third-order valence-corrected chi connectivity index (χ3v) is 5.21. The molecule has 3 rings (SSSR count). The summed E-state index contributed by atoms with van der Waals surface area (Å²) in [5.41, 5.74) is 1.77. The zero-order valence-corrected chi connectivity index (χ0v) is 16.3. The first-order valence-electron chi connectivity index (χ1n) is 8.14. The number of rotatable bonds is 6. The second-order valence-corrected chi connectivity index (χ2v) is 7.13. The van der Waals surface area contributed by atoms with Crippen LogP contribution < -0.4 is 5.32 Å². The van der Waals surface area contributed by atoms with Crippen molar-refractivity contribution in [2.24, 2.45) is 7.05 Å². The fourth-order valence-corrected chi connectivity index (χ4v) is 3.46. The number of anilines is 1. The number of carbonyl (C=O) groups is 2. The van der Waals surface area contributed by atoms with Crippen molar-refractivity contribution < 1.29 is 9.59 Å². The van der Waals surface area contributed by atoms with Crippen molar-refractivity contribution >= 4 is 40.7 Å². The minimum absolute atomic E-state index is 0.101. The van der Waals surface area contributed by atoms with Crippen LogP contribution in [0.5, 0.6) is 0 Å². The summed E-state index contributed by atoms with van der Waals surface area (Å²) in [6.45, 7) is 1.47. The van der Waals surface area contributed by atoms with Gasteiger partial charge in [0.05, 0.1) is 16.5 Å². The minimum atomic E-state index is -0.226. The van der Waals surface area contributed by atoms with E-state index in [9.17, 15) is 9.59 Å². The Kier molecular flexibility index (Phi) is 5.93. The lowest BCUT2D eigenvalue weighted by molar-refractivity contribution is -0.113. The molecule has 0 unspecified atom stereocenters. The van der Waals surface area contributed by atoms with Crippen LogP contribution in [0.1, 0.15) is 17.3 Å². The number of benzene rings is 2. The lowest BCUT2D eigenvalue weighted by Gasteiger charge is -2.09. The van der Waals surface area contributed by atoms with Crippen molar-refractivity contribution in [1.82, 2.24) is 14.8 Å². The summed E-state index contributed by atoms with van der Waals surface area (Å²) in [7, 11) is 1.82. The number of nitrogens with one attached hydrogen (secondary N) is 1. The highest BCUT2D eigenvalue weighted by atomic mass is 35.5. The minimum Gasteiger partial charge on any atom is -0.325 e. The zero-order valence-electron chi connectivity index (χ0n) is 14.8. The number of carbonyl (C=O) groups excluding carboxylic acids is 2. The van der Waals surface area contributed by atoms with Crippen molar-refractivity contribution in [2.75, 3.05) is 11.1 Å². The van der Waals surface area contributed by atoms with Crippen LogP contribution in [0.25, 0.3) is 11.4 Å². The molecule has 1 amide bonds. The summed E-state index contributed by atoms with van der Waals surface area (Å²) in [4.78, 5) is 23.9. The largest absolute Gasteiger partial charge is 0.325 e. The van der Waals surface area contributed by atoms with Crippen LogP contribution >= 0.6 is 23.4 Å². The summed E-state index contributed by atoms with van der Waals surface area (Å²) in [6.07, 6.45) is 0. The van der Waals surface area contributed by atoms with Gasteiger partial charge in [-0.2, -0.15) is 0 Å². The van der Waals surface area contributed by atoms with Crippen LogP contribution in [0.2, 0.25) is 5.02 Å². The molecule has 138 valence electrons. The number of aromatic nitrogens is 3. The third kappa shape index (κ3) is 4.37. The molecule has 0 aliphatic heterocycles. The number of thioether (sulfide) groups is 1. The van der Waals surface area contributed by atoms with Crippen molar-refractivity contribution in [1.29, 1.82) is 0 Å². The highest BCUT2D eigenvalue weighted by Gasteiger charge is 2.15. The second-order valence-electron chi connectivity index (χ2n) is 5.78. The van der Waals surface area contributed by atoms with E-state index in [1.165, 1.54) is 18.7 Å². The van der Waals surface area contributed by atoms with E-state index in [0.29, 0.717) is 27.3 Å². The molecular formula is C19H17ClN4O2S. The number of hydrogen-bond donors (Lipinski definition) is 1. The Bertz CT molecular complexity index is 1000. The van der Waals surface area contributed by atoms with Gasteiger partial charge in [-0.1, -0.05) is 47.6 Å². The highest BCUT2D eigenvalue weighted by molar-refractivity contribution is 7.99. The molecule has 0 fully saturated rings. The van der Waals surface area contributed by atoms with Crippen LogP contribution in [0.15, 0.2) is 53.7 Å². The fourth-order valence-electron chi connectivity index (χ4n) is 2.53. The summed E-state index contributed by atoms with van der Waals surface area (Å²) >= 11 is 7.48. The summed E-state index contributed by atoms with van der Waals surface area (Å²) in [6, 6.07) is 14.3. The molecule has 0 aliphatic rings. The Morgan fingerprint density at radius 2 is 1.81 bits per heavy atom. The van der Waals surface area contributed by atoms with Crippen molar-refractivity contribution in [3.05, 3.63) is 59.1 Å². The standard InChI is InChI=1S/C19H17ClN4O2S/c1-12(25)13-7-4-6-10-16(13)21-17(26)11-27-19-23-22-18(24(19)2)14-8-3-5-9-15(14)20/h3-10H,11H2,1-2H3,(H,21,26). The molecule has 6 nitrogen and oxygen atoms in total. The number of nitrogens with zero attached hydrogens (tertiary/aromatic N) is 3. The Hall–Kier alpha value is -2.64. The number of hydrogen-bond acceptors (Lipinski definition) is 5. The van der Waals surface area contributed by atoms with Gasteiger partial charge in [0.25, 0.3) is 0 Å². The van der Waals surface area contributed by atoms with Crippen molar-refractivity contribution in [3.8, 4) is 11.4 Å². The van der Waals surface area contributed by atoms with E-state index < -0.39 is 0 Å². The topological polar surface area (TPSA) is 76.9 Å². The molecule has 0 aliphatic carbocycles. The monoisotopic (exact) mass is 400 g/mol. The molecular weight excluding hydrogens is 384 g/mol. The molecule has 1 N–H and O–H groups in total. The smallest absolute Gasteiger partial charge is 0.234 e. The fraction of sp³-hybridized carbons (Fsp3) is 0.158. The normalized spacial score (nSPS) is 10.6. The summed E-state index contributed by atoms with van der Waals surface area (Å²) < 4.78 is 1.79. The maximum Gasteiger partial charge on any atom is 0.234 e. The molecule has 0 bridgehead atoms. The van der Waals surface area contributed by atoms with E-state index in [2.05, 4.69) is 15.5 Å². The first kappa shape index (κ1) is 19.1. The molecule has 3 aromatic rings. The van der Waals surface area contributed by atoms with Crippen molar-refractivity contribution in [2.45, 2.75) is 12.1 Å². The Morgan fingerprint density at radius 1 is 1.11 bits per heavy atom. The van der Waals surface area contributed by atoms with E-state index in [1.807, 2.05) is 25.2 Å². The van der Waals surface area contributed by atoms with Gasteiger partial charge in [0.15, 0.2) is 16.8 Å². The van der Waals surface area contributed by atoms with Gasteiger partial charge in [0, 0.05) is 18.2 Å². The summed E-state index contributed by atoms with van der Waals surface area (Å²) in [5, 5.41) is 12.3. The van der Waals surface area contributed by atoms with E-state index >= 15 is 0 Å². The number of halogens is 1. The molecule has 1 aromatic heterocycles. The molecule has 0 atom stereocenters. The zero-order chi connectivity index (χ0) is 19.4. The molecule has 1 heterocycles. The Balaban J connectivity index is 1.69. The molecule has 0 saturated carbocycles. The van der Waals surface area contributed by atoms with Crippen LogP contribution in [-0.4, -0.2) is 32.2 Å². The average molecular weight is 401 g/mol. The Labute approximate surface area is 165 Å². The molecule has 2 aromatic carbocycles. The van der Waals surface area contributed by atoms with Crippen LogP contribution in [0.3, 0.4) is 0 Å². The van der Waals surface area contributed by atoms with Gasteiger partial charge >= 0.3 is 0 Å². The van der Waals surface area contributed by atoms with Gasteiger partial charge in [0.2, 0.25) is 5.91 Å². The van der Waals surface area contributed by atoms with Gasteiger partial charge in [-0.05, 0) is 31.2 Å². The Morgan fingerprint density at radius 3 is 2.56 bits per heavy atom. The van der Waals surface area contributed by atoms with E-state index in [0.717, 1.165) is 5.56 Å². The average Bonchev–Trinajstić information content (AvgIpc) is 3.01. The summed E-state index contributed by atoms with van der Waals surface area (Å²) in [5.74, 6) is 0.443. The number of ketones is 1. The quantitative estimate of drug-likeness (QED) is 0.498. The van der Waals surface area contributed by atoms with Crippen LogP contribution in [0.4, 0.5) is 5.69 Å². The van der Waals surface area contributed by atoms with Gasteiger partial charge in [-0.15, -0.1) is 10.2 Å². The molecule has 0 saturated heterocycles. The maximum atomic E-state index is 12.3. The highest BCUT2D eigenvalue weighted by Crippen LogP contribution is 2.28. The molecule has 8 heteroatoms. The lowest BCUT2D eigenvalue weighted by atomic mass is 10.1. The maximum absolute atomic E-state index is 12.3. The van der Waals surface area contributed by atoms with Crippen molar-refractivity contribution in [3.63, 3.8) is 0 Å². The van der Waals surface area contributed by atoms with Gasteiger partial charge in [0.1, 0.15) is 0 Å². The van der Waals surface area contributed by atoms with E-state index in [1.54, 1.807) is 34.9 Å².